The van der Waals surface area contributed by atoms with E-state index in [-0.39, 0.29) is 0 Å². The van der Waals surface area contributed by atoms with E-state index in [4.69, 9.17) is 0 Å². The summed E-state index contributed by atoms with van der Waals surface area (Å²) >= 11 is 0. The minimum Gasteiger partial charge on any atom is -0.382 e. The highest BCUT2D eigenvalue weighted by Crippen LogP contribution is 2.07. The SMILES string of the molecule is CCCCCCCCCC.COCCOC. The van der Waals surface area contributed by atoms with Gasteiger partial charge in [-0.2, -0.15) is 0 Å². The summed E-state index contributed by atoms with van der Waals surface area (Å²) in [6, 6.07) is 0. The Morgan fingerprint density at radius 1 is 0.562 bits per heavy atom. The second kappa shape index (κ2) is 20.3. The van der Waals surface area contributed by atoms with Crippen LogP contribution in [0.3, 0.4) is 0 Å². The molecule has 0 radical (unpaired) electrons. The zero-order valence-electron chi connectivity index (χ0n) is 11.9. The van der Waals surface area contributed by atoms with Gasteiger partial charge in [0, 0.05) is 14.2 Å². The lowest BCUT2D eigenvalue weighted by molar-refractivity contribution is 0.103. The summed E-state index contributed by atoms with van der Waals surface area (Å²) in [6.07, 6.45) is 11.5. The first-order valence-electron chi connectivity index (χ1n) is 6.81. The van der Waals surface area contributed by atoms with Crippen LogP contribution in [0.5, 0.6) is 0 Å². The molecular formula is C14H32O2. The van der Waals surface area contributed by atoms with E-state index in [1.54, 1.807) is 14.2 Å². The summed E-state index contributed by atoms with van der Waals surface area (Å²) < 4.78 is 9.31. The first-order valence-corrected chi connectivity index (χ1v) is 6.81. The standard InChI is InChI=1S/C10H22.C4H10O2/c1-3-5-7-9-10-8-6-4-2;1-5-3-4-6-2/h3-10H2,1-2H3;3-4H2,1-2H3. The second-order valence-corrected chi connectivity index (χ2v) is 4.11. The Kier molecular flexibility index (Phi) is 23.3. The van der Waals surface area contributed by atoms with Gasteiger partial charge in [-0.1, -0.05) is 65.2 Å². The van der Waals surface area contributed by atoms with Crippen LogP contribution in [0.2, 0.25) is 0 Å². The predicted octanol–water partition coefficient (Wildman–Crippen LogP) is 4.43. The van der Waals surface area contributed by atoms with Crippen molar-refractivity contribution in [3.8, 4) is 0 Å². The fourth-order valence-corrected chi connectivity index (χ4v) is 1.37. The van der Waals surface area contributed by atoms with Crippen LogP contribution in [0.4, 0.5) is 0 Å². The normalized spacial score (nSPS) is 9.75. The molecule has 2 nitrogen and oxygen atoms in total. The van der Waals surface area contributed by atoms with E-state index in [1.807, 2.05) is 0 Å². The van der Waals surface area contributed by atoms with E-state index < -0.39 is 0 Å². The van der Waals surface area contributed by atoms with Gasteiger partial charge in [-0.05, 0) is 0 Å². The van der Waals surface area contributed by atoms with Crippen molar-refractivity contribution in [1.29, 1.82) is 0 Å². The molecule has 0 unspecified atom stereocenters. The van der Waals surface area contributed by atoms with E-state index in [1.165, 1.54) is 51.4 Å². The van der Waals surface area contributed by atoms with Gasteiger partial charge < -0.3 is 9.47 Å². The molecule has 0 rings (SSSR count). The summed E-state index contributed by atoms with van der Waals surface area (Å²) in [6.45, 7) is 5.92. The Labute approximate surface area is 103 Å². The highest BCUT2D eigenvalue weighted by Gasteiger charge is 1.87. The third kappa shape index (κ3) is 23.6. The minimum atomic E-state index is 0.691. The number of hydrogen-bond acceptors (Lipinski definition) is 2. The Morgan fingerprint density at radius 3 is 1.12 bits per heavy atom. The van der Waals surface area contributed by atoms with Gasteiger partial charge in [-0.15, -0.1) is 0 Å². The summed E-state index contributed by atoms with van der Waals surface area (Å²) in [5.74, 6) is 0. The fraction of sp³-hybridized carbons (Fsp3) is 1.00. The van der Waals surface area contributed by atoms with Gasteiger partial charge in [0.2, 0.25) is 0 Å². The quantitative estimate of drug-likeness (QED) is 0.519. The average molecular weight is 232 g/mol. The molecule has 0 aromatic rings. The highest BCUT2D eigenvalue weighted by atomic mass is 16.5. The van der Waals surface area contributed by atoms with Crippen LogP contribution in [-0.4, -0.2) is 27.4 Å². The maximum absolute atomic E-state index is 4.66. The van der Waals surface area contributed by atoms with Crippen molar-refractivity contribution in [1.82, 2.24) is 0 Å². The molecule has 2 heteroatoms. The molecule has 0 bridgehead atoms. The van der Waals surface area contributed by atoms with Crippen molar-refractivity contribution in [2.24, 2.45) is 0 Å². The summed E-state index contributed by atoms with van der Waals surface area (Å²) in [5.41, 5.74) is 0. The van der Waals surface area contributed by atoms with Crippen molar-refractivity contribution in [3.05, 3.63) is 0 Å². The van der Waals surface area contributed by atoms with Crippen molar-refractivity contribution >= 4 is 0 Å². The van der Waals surface area contributed by atoms with Crippen molar-refractivity contribution in [2.45, 2.75) is 65.2 Å². The van der Waals surface area contributed by atoms with Gasteiger partial charge in [0.05, 0.1) is 13.2 Å². The summed E-state index contributed by atoms with van der Waals surface area (Å²) in [7, 11) is 3.30. The van der Waals surface area contributed by atoms with Gasteiger partial charge >= 0.3 is 0 Å². The molecule has 0 aromatic heterocycles. The molecule has 0 aliphatic carbocycles. The van der Waals surface area contributed by atoms with Gasteiger partial charge in [0.1, 0.15) is 0 Å². The van der Waals surface area contributed by atoms with Crippen LogP contribution in [0.25, 0.3) is 0 Å². The van der Waals surface area contributed by atoms with E-state index in [2.05, 4.69) is 23.3 Å². The van der Waals surface area contributed by atoms with E-state index in [0.717, 1.165) is 0 Å². The zero-order valence-corrected chi connectivity index (χ0v) is 11.9. The monoisotopic (exact) mass is 232 g/mol. The highest BCUT2D eigenvalue weighted by molar-refractivity contribution is 4.43. The largest absolute Gasteiger partial charge is 0.382 e. The average Bonchev–Trinajstić information content (AvgIpc) is 2.32. The third-order valence-electron chi connectivity index (χ3n) is 2.45. The number of hydrogen-bond donors (Lipinski definition) is 0. The first-order chi connectivity index (χ1) is 7.83. The molecule has 0 saturated carbocycles. The van der Waals surface area contributed by atoms with Gasteiger partial charge in [-0.3, -0.25) is 0 Å². The molecule has 0 heterocycles. The van der Waals surface area contributed by atoms with Crippen LogP contribution < -0.4 is 0 Å². The summed E-state index contributed by atoms with van der Waals surface area (Å²) in [5, 5.41) is 0. The lowest BCUT2D eigenvalue weighted by Gasteiger charge is -1.97. The zero-order chi connectivity index (χ0) is 12.5. The number of methoxy groups -OCH3 is 2. The topological polar surface area (TPSA) is 18.5 Å². The third-order valence-corrected chi connectivity index (χ3v) is 2.45. The molecule has 0 aliphatic rings. The molecule has 0 saturated heterocycles. The molecule has 0 fully saturated rings. The summed E-state index contributed by atoms with van der Waals surface area (Å²) in [4.78, 5) is 0. The second-order valence-electron chi connectivity index (χ2n) is 4.11. The number of ether oxygens (including phenoxy) is 2. The Balaban J connectivity index is 0. The molecule has 16 heavy (non-hydrogen) atoms. The molecule has 0 amide bonds. The predicted molar refractivity (Wildman–Crippen MR) is 72.0 cm³/mol. The van der Waals surface area contributed by atoms with Crippen LogP contribution in [0, 0.1) is 0 Å². The van der Waals surface area contributed by atoms with Crippen molar-refractivity contribution in [2.75, 3.05) is 27.4 Å². The molecule has 0 spiro atoms. The van der Waals surface area contributed by atoms with Gasteiger partial charge in [0.25, 0.3) is 0 Å². The lowest BCUT2D eigenvalue weighted by Crippen LogP contribution is -1.96. The van der Waals surface area contributed by atoms with Crippen molar-refractivity contribution in [3.63, 3.8) is 0 Å². The van der Waals surface area contributed by atoms with E-state index in [9.17, 15) is 0 Å². The van der Waals surface area contributed by atoms with Crippen molar-refractivity contribution < 1.29 is 9.47 Å². The van der Waals surface area contributed by atoms with Crippen LogP contribution in [0.15, 0.2) is 0 Å². The van der Waals surface area contributed by atoms with E-state index in [0.29, 0.717) is 13.2 Å². The smallest absolute Gasteiger partial charge is 0.0696 e. The maximum atomic E-state index is 4.66. The Hall–Kier alpha value is -0.0800. The molecule has 0 aromatic carbocycles. The molecule has 100 valence electrons. The maximum Gasteiger partial charge on any atom is 0.0696 e. The molecule has 0 N–H and O–H groups in total. The Bertz CT molecular complexity index is 82.7. The number of unbranched alkanes of at least 4 members (excludes halogenated alkanes) is 7. The molecule has 0 aliphatic heterocycles. The fourth-order valence-electron chi connectivity index (χ4n) is 1.37. The van der Waals surface area contributed by atoms with Gasteiger partial charge in [0.15, 0.2) is 0 Å². The lowest BCUT2D eigenvalue weighted by atomic mass is 10.1. The molecule has 0 atom stereocenters. The van der Waals surface area contributed by atoms with Gasteiger partial charge in [-0.25, -0.2) is 0 Å². The first kappa shape index (κ1) is 18.3. The van der Waals surface area contributed by atoms with Crippen LogP contribution in [0.1, 0.15) is 65.2 Å². The van der Waals surface area contributed by atoms with E-state index >= 15 is 0 Å². The molecular weight excluding hydrogens is 200 g/mol. The number of rotatable bonds is 10. The Morgan fingerprint density at radius 2 is 0.875 bits per heavy atom. The van der Waals surface area contributed by atoms with Crippen LogP contribution in [-0.2, 0) is 9.47 Å². The van der Waals surface area contributed by atoms with Crippen LogP contribution >= 0.6 is 0 Å². The minimum absolute atomic E-state index is 0.691.